The van der Waals surface area contributed by atoms with E-state index in [4.69, 9.17) is 19.2 Å². The van der Waals surface area contributed by atoms with Crippen molar-refractivity contribution in [2.45, 2.75) is 52.1 Å². The zero-order valence-electron chi connectivity index (χ0n) is 8.97. The highest BCUT2D eigenvalue weighted by Crippen LogP contribution is 2.25. The van der Waals surface area contributed by atoms with E-state index >= 15 is 0 Å². The molecule has 0 saturated heterocycles. The molecule has 6 heteroatoms. The minimum absolute atomic E-state index is 0.407. The molecule has 88 valence electrons. The molecular formula is C8H21O5P. The lowest BCUT2D eigenvalue weighted by atomic mass is 9.97. The van der Waals surface area contributed by atoms with Crippen LogP contribution in [0.15, 0.2) is 0 Å². The summed E-state index contributed by atoms with van der Waals surface area (Å²) >= 11 is 0. The first-order valence-electron chi connectivity index (χ1n) is 4.63. The minimum Gasteiger partial charge on any atom is -0.390 e. The quantitative estimate of drug-likeness (QED) is 0.545. The fraction of sp³-hybridized carbons (Fsp3) is 1.00. The zero-order valence-corrected chi connectivity index (χ0v) is 9.87. The Hall–Kier alpha value is 0.0700. The molecule has 0 aromatic rings. The van der Waals surface area contributed by atoms with Gasteiger partial charge >= 0.3 is 7.82 Å². The van der Waals surface area contributed by atoms with Crippen molar-refractivity contribution in [3.05, 3.63) is 0 Å². The van der Waals surface area contributed by atoms with Crippen molar-refractivity contribution >= 4 is 7.82 Å². The molecule has 0 rings (SSSR count). The van der Waals surface area contributed by atoms with Crippen LogP contribution >= 0.6 is 7.82 Å². The van der Waals surface area contributed by atoms with Gasteiger partial charge in [-0.05, 0) is 19.8 Å². The third kappa shape index (κ3) is 22.7. The first kappa shape index (κ1) is 16.5. The average Bonchev–Trinajstić information content (AvgIpc) is 1.98. The van der Waals surface area contributed by atoms with E-state index in [9.17, 15) is 5.11 Å². The van der Waals surface area contributed by atoms with Crippen molar-refractivity contribution in [1.82, 2.24) is 0 Å². The second kappa shape index (κ2) is 7.37. The Labute approximate surface area is 85.0 Å². The molecule has 0 heterocycles. The van der Waals surface area contributed by atoms with E-state index in [-0.39, 0.29) is 0 Å². The zero-order chi connectivity index (χ0) is 11.8. The summed E-state index contributed by atoms with van der Waals surface area (Å²) in [6, 6.07) is 0. The molecule has 4 N–H and O–H groups in total. The van der Waals surface area contributed by atoms with E-state index in [1.54, 1.807) is 0 Å². The van der Waals surface area contributed by atoms with Crippen LogP contribution in [0.5, 0.6) is 0 Å². The molecule has 0 radical (unpaired) electrons. The van der Waals surface area contributed by atoms with Gasteiger partial charge in [0.15, 0.2) is 0 Å². The van der Waals surface area contributed by atoms with Gasteiger partial charge < -0.3 is 19.8 Å². The smallest absolute Gasteiger partial charge is 0.390 e. The fourth-order valence-corrected chi connectivity index (χ4v) is 0.734. The van der Waals surface area contributed by atoms with Gasteiger partial charge in [0.1, 0.15) is 0 Å². The van der Waals surface area contributed by atoms with Crippen LogP contribution < -0.4 is 0 Å². The number of unbranched alkanes of at least 4 members (excludes halogenated alkanes) is 1. The lowest BCUT2D eigenvalue weighted by Gasteiger charge is -2.20. The van der Waals surface area contributed by atoms with Gasteiger partial charge in [0.2, 0.25) is 0 Å². The van der Waals surface area contributed by atoms with Gasteiger partial charge in [-0.25, -0.2) is 4.57 Å². The molecule has 0 aliphatic heterocycles. The van der Waals surface area contributed by atoms with Crippen LogP contribution in [0.4, 0.5) is 0 Å². The molecule has 0 aliphatic carbocycles. The Bertz CT molecular complexity index is 166. The van der Waals surface area contributed by atoms with Crippen LogP contribution in [-0.2, 0) is 4.57 Å². The van der Waals surface area contributed by atoms with E-state index in [1.165, 1.54) is 6.42 Å². The third-order valence-electron chi connectivity index (χ3n) is 1.83. The number of hydrogen-bond donors (Lipinski definition) is 4. The summed E-state index contributed by atoms with van der Waals surface area (Å²) in [5, 5.41) is 9.45. The topological polar surface area (TPSA) is 98.0 Å². The van der Waals surface area contributed by atoms with Crippen molar-refractivity contribution in [2.75, 3.05) is 0 Å². The van der Waals surface area contributed by atoms with Gasteiger partial charge in [-0.15, -0.1) is 0 Å². The number of rotatable bonds is 4. The van der Waals surface area contributed by atoms with Crippen LogP contribution in [-0.4, -0.2) is 25.4 Å². The fourth-order valence-electron chi connectivity index (χ4n) is 0.734. The molecule has 0 saturated carbocycles. The van der Waals surface area contributed by atoms with Crippen molar-refractivity contribution < 1.29 is 24.4 Å². The number of phosphoric acid groups is 1. The monoisotopic (exact) mass is 228 g/mol. The molecule has 0 aliphatic rings. The Kier molecular flexibility index (Phi) is 8.69. The SMILES string of the molecule is CCCCC(C)(O)CC.O=P(O)(O)O. The van der Waals surface area contributed by atoms with E-state index in [2.05, 4.69) is 6.92 Å². The van der Waals surface area contributed by atoms with Crippen molar-refractivity contribution in [3.8, 4) is 0 Å². The van der Waals surface area contributed by atoms with Gasteiger partial charge in [-0.3, -0.25) is 0 Å². The van der Waals surface area contributed by atoms with Gasteiger partial charge in [0, 0.05) is 0 Å². The van der Waals surface area contributed by atoms with E-state index < -0.39 is 13.4 Å². The summed E-state index contributed by atoms with van der Waals surface area (Å²) in [7, 11) is -4.64. The predicted octanol–water partition coefficient (Wildman–Crippen LogP) is 1.41. The highest BCUT2D eigenvalue weighted by Gasteiger charge is 2.15. The molecule has 0 aromatic heterocycles. The summed E-state index contributed by atoms with van der Waals surface area (Å²) in [5.74, 6) is 0. The number of hydrogen-bond acceptors (Lipinski definition) is 2. The summed E-state index contributed by atoms with van der Waals surface area (Å²) in [4.78, 5) is 21.6. The van der Waals surface area contributed by atoms with E-state index in [1.807, 2.05) is 13.8 Å². The maximum atomic E-state index is 9.45. The molecule has 1 unspecified atom stereocenters. The first-order valence-corrected chi connectivity index (χ1v) is 6.19. The summed E-state index contributed by atoms with van der Waals surface area (Å²) in [6.45, 7) is 6.07. The standard InChI is InChI=1S/C8H18O.H3O4P/c1-4-6-7-8(3,9)5-2;1-5(2,3)4/h9H,4-7H2,1-3H3;(H3,1,2,3,4). The summed E-state index contributed by atoms with van der Waals surface area (Å²) in [5.41, 5.74) is -0.407. The summed E-state index contributed by atoms with van der Waals surface area (Å²) in [6.07, 6.45) is 4.13. The average molecular weight is 228 g/mol. The number of aliphatic hydroxyl groups is 1. The van der Waals surface area contributed by atoms with Crippen LogP contribution in [0.3, 0.4) is 0 Å². The van der Waals surface area contributed by atoms with Crippen LogP contribution in [0.25, 0.3) is 0 Å². The Morgan fingerprint density at radius 2 is 1.57 bits per heavy atom. The highest BCUT2D eigenvalue weighted by molar-refractivity contribution is 7.45. The maximum Gasteiger partial charge on any atom is 0.466 e. The van der Waals surface area contributed by atoms with E-state index in [0.717, 1.165) is 19.3 Å². The Morgan fingerprint density at radius 1 is 1.21 bits per heavy atom. The molecule has 5 nitrogen and oxygen atoms in total. The van der Waals surface area contributed by atoms with Gasteiger partial charge in [0.25, 0.3) is 0 Å². The first-order chi connectivity index (χ1) is 6.12. The van der Waals surface area contributed by atoms with E-state index in [0.29, 0.717) is 0 Å². The summed E-state index contributed by atoms with van der Waals surface area (Å²) < 4.78 is 8.88. The van der Waals surface area contributed by atoms with Gasteiger partial charge in [-0.1, -0.05) is 26.7 Å². The molecular weight excluding hydrogens is 207 g/mol. The predicted molar refractivity (Wildman–Crippen MR) is 54.7 cm³/mol. The van der Waals surface area contributed by atoms with Crippen molar-refractivity contribution in [2.24, 2.45) is 0 Å². The van der Waals surface area contributed by atoms with Crippen LogP contribution in [0.2, 0.25) is 0 Å². The Balaban J connectivity index is 0. The van der Waals surface area contributed by atoms with Crippen molar-refractivity contribution in [1.29, 1.82) is 0 Å². The second-order valence-corrected chi connectivity index (χ2v) is 4.49. The van der Waals surface area contributed by atoms with Gasteiger partial charge in [0.05, 0.1) is 5.60 Å². The van der Waals surface area contributed by atoms with Crippen LogP contribution in [0.1, 0.15) is 46.5 Å². The lowest BCUT2D eigenvalue weighted by Crippen LogP contribution is -2.21. The Morgan fingerprint density at radius 3 is 1.79 bits per heavy atom. The molecule has 0 amide bonds. The molecule has 14 heavy (non-hydrogen) atoms. The third-order valence-corrected chi connectivity index (χ3v) is 1.83. The second-order valence-electron chi connectivity index (χ2n) is 3.47. The minimum atomic E-state index is -4.64. The molecule has 0 bridgehead atoms. The molecule has 0 spiro atoms. The normalized spacial score (nSPS) is 15.4. The lowest BCUT2D eigenvalue weighted by molar-refractivity contribution is 0.0447. The largest absolute Gasteiger partial charge is 0.466 e. The molecule has 0 aromatic carbocycles. The highest BCUT2D eigenvalue weighted by atomic mass is 31.2. The van der Waals surface area contributed by atoms with Gasteiger partial charge in [-0.2, -0.15) is 0 Å². The molecule has 0 fully saturated rings. The molecule has 1 atom stereocenters. The van der Waals surface area contributed by atoms with Crippen molar-refractivity contribution in [3.63, 3.8) is 0 Å². The maximum absolute atomic E-state index is 9.45. The van der Waals surface area contributed by atoms with Crippen LogP contribution in [0, 0.1) is 0 Å².